The van der Waals surface area contributed by atoms with Crippen molar-refractivity contribution in [3.8, 4) is 0 Å². The Morgan fingerprint density at radius 2 is 2.00 bits per heavy atom. The van der Waals surface area contributed by atoms with Crippen molar-refractivity contribution >= 4 is 12.0 Å². The van der Waals surface area contributed by atoms with E-state index in [2.05, 4.69) is 5.32 Å². The smallest absolute Gasteiger partial charge is 0.317 e. The maximum Gasteiger partial charge on any atom is 0.317 e. The highest BCUT2D eigenvalue weighted by atomic mass is 16.4. The van der Waals surface area contributed by atoms with Gasteiger partial charge in [0.2, 0.25) is 0 Å². The molecule has 0 unspecified atom stereocenters. The third-order valence-electron chi connectivity index (χ3n) is 3.38. The average Bonchev–Trinajstić information content (AvgIpc) is 2.65. The van der Waals surface area contributed by atoms with Gasteiger partial charge in [-0.15, -0.1) is 0 Å². The van der Waals surface area contributed by atoms with Crippen LogP contribution < -0.4 is 5.32 Å². The maximum absolute atomic E-state index is 11.4. The van der Waals surface area contributed by atoms with Crippen molar-refractivity contribution in [2.24, 2.45) is 5.92 Å². The van der Waals surface area contributed by atoms with E-state index < -0.39 is 5.97 Å². The number of nitrogens with zero attached hydrogens (tertiary/aromatic N) is 1. The summed E-state index contributed by atoms with van der Waals surface area (Å²) in [6.07, 6.45) is 3.04. The van der Waals surface area contributed by atoms with Crippen LogP contribution in [-0.2, 0) is 4.79 Å². The van der Waals surface area contributed by atoms with Gasteiger partial charge in [-0.25, -0.2) is 4.79 Å². The number of carboxylic acid groups (broad SMARTS) is 1. The molecule has 0 atom stereocenters. The van der Waals surface area contributed by atoms with Crippen molar-refractivity contribution in [2.75, 3.05) is 13.1 Å². The van der Waals surface area contributed by atoms with Gasteiger partial charge in [-0.2, -0.15) is 0 Å². The number of carbonyl (C=O) groups is 2. The van der Waals surface area contributed by atoms with Gasteiger partial charge >= 0.3 is 12.0 Å². The lowest BCUT2D eigenvalue weighted by Gasteiger charge is -2.32. The summed E-state index contributed by atoms with van der Waals surface area (Å²) < 4.78 is 0. The van der Waals surface area contributed by atoms with Crippen molar-refractivity contribution in [1.82, 2.24) is 10.2 Å². The van der Waals surface area contributed by atoms with E-state index in [0.717, 1.165) is 25.9 Å². The van der Waals surface area contributed by atoms with Crippen molar-refractivity contribution in [1.29, 1.82) is 0 Å². The van der Waals surface area contributed by atoms with Gasteiger partial charge in [-0.05, 0) is 25.7 Å². The first-order valence-corrected chi connectivity index (χ1v) is 5.46. The Balaban J connectivity index is 1.87. The molecule has 2 rings (SSSR count). The van der Waals surface area contributed by atoms with Crippen molar-refractivity contribution in [2.45, 2.75) is 31.7 Å². The maximum atomic E-state index is 11.4. The lowest BCUT2D eigenvalue weighted by atomic mass is 9.85. The van der Waals surface area contributed by atoms with Gasteiger partial charge < -0.3 is 15.3 Å². The number of amides is 2. The second-order valence-electron chi connectivity index (χ2n) is 4.27. The number of carboxylic acids is 1. The van der Waals surface area contributed by atoms with Crippen LogP contribution in [0.2, 0.25) is 0 Å². The van der Waals surface area contributed by atoms with Crippen LogP contribution in [0.25, 0.3) is 0 Å². The van der Waals surface area contributed by atoms with E-state index in [1.165, 1.54) is 0 Å². The molecule has 0 radical (unpaired) electrons. The molecule has 0 bridgehead atoms. The molecule has 1 heterocycles. The summed E-state index contributed by atoms with van der Waals surface area (Å²) in [5, 5.41) is 11.6. The zero-order chi connectivity index (χ0) is 10.8. The molecule has 1 saturated carbocycles. The topological polar surface area (TPSA) is 69.6 Å². The van der Waals surface area contributed by atoms with Gasteiger partial charge in [0.25, 0.3) is 0 Å². The summed E-state index contributed by atoms with van der Waals surface area (Å²) in [6, 6.07) is 0.261. The lowest BCUT2D eigenvalue weighted by Crippen LogP contribution is -2.41. The van der Waals surface area contributed by atoms with Crippen LogP contribution in [0.3, 0.4) is 0 Å². The molecule has 2 fully saturated rings. The monoisotopic (exact) mass is 212 g/mol. The average molecular weight is 212 g/mol. The summed E-state index contributed by atoms with van der Waals surface area (Å²) >= 11 is 0. The molecule has 0 spiro atoms. The molecular weight excluding hydrogens is 196 g/mol. The molecule has 1 aliphatic carbocycles. The highest BCUT2D eigenvalue weighted by molar-refractivity contribution is 5.76. The van der Waals surface area contributed by atoms with Crippen LogP contribution in [0.15, 0.2) is 0 Å². The molecule has 0 aromatic carbocycles. The summed E-state index contributed by atoms with van der Waals surface area (Å²) in [6.45, 7) is 1.49. The minimum atomic E-state index is -0.695. The second-order valence-corrected chi connectivity index (χ2v) is 4.27. The highest BCUT2D eigenvalue weighted by Gasteiger charge is 2.33. The first-order chi connectivity index (χ1) is 7.18. The summed E-state index contributed by atoms with van der Waals surface area (Å²) in [5.41, 5.74) is 0. The first-order valence-electron chi connectivity index (χ1n) is 5.46. The summed E-state index contributed by atoms with van der Waals surface area (Å²) in [4.78, 5) is 24.0. The molecular formula is C10H16N2O3. The van der Waals surface area contributed by atoms with Gasteiger partial charge in [0.05, 0.1) is 5.92 Å². The number of hydrogen-bond donors (Lipinski definition) is 2. The van der Waals surface area contributed by atoms with Crippen LogP contribution in [0, 0.1) is 5.92 Å². The molecule has 2 N–H and O–H groups in total. The number of hydrogen-bond acceptors (Lipinski definition) is 2. The first kappa shape index (κ1) is 10.3. The van der Waals surface area contributed by atoms with E-state index >= 15 is 0 Å². The molecule has 5 heteroatoms. The summed E-state index contributed by atoms with van der Waals surface area (Å²) in [5.74, 6) is -0.897. The van der Waals surface area contributed by atoms with Crippen LogP contribution in [-0.4, -0.2) is 41.1 Å². The zero-order valence-electron chi connectivity index (χ0n) is 8.61. The Kier molecular flexibility index (Phi) is 2.79. The fourth-order valence-corrected chi connectivity index (χ4v) is 2.47. The van der Waals surface area contributed by atoms with Gasteiger partial charge in [0.15, 0.2) is 0 Å². The molecule has 0 aromatic rings. The minimum absolute atomic E-state index is 0.00813. The van der Waals surface area contributed by atoms with Gasteiger partial charge in [-0.3, -0.25) is 4.79 Å². The van der Waals surface area contributed by atoms with Gasteiger partial charge in [-0.1, -0.05) is 0 Å². The molecule has 5 nitrogen and oxygen atoms in total. The van der Waals surface area contributed by atoms with E-state index in [0.29, 0.717) is 12.8 Å². The largest absolute Gasteiger partial charge is 0.481 e. The lowest BCUT2D eigenvalue weighted by molar-refractivity contribution is -0.143. The third kappa shape index (κ3) is 2.06. The molecule has 15 heavy (non-hydrogen) atoms. The van der Waals surface area contributed by atoms with E-state index in [1.807, 2.05) is 4.90 Å². The second kappa shape index (κ2) is 4.08. The number of rotatable bonds is 2. The predicted molar refractivity (Wildman–Crippen MR) is 53.5 cm³/mol. The molecule has 1 aliphatic heterocycles. The third-order valence-corrected chi connectivity index (χ3v) is 3.38. The van der Waals surface area contributed by atoms with E-state index in [1.54, 1.807) is 0 Å². The number of carbonyl (C=O) groups excluding carboxylic acids is 1. The van der Waals surface area contributed by atoms with Crippen molar-refractivity contribution < 1.29 is 14.7 Å². The predicted octanol–water partition coefficient (Wildman–Crippen LogP) is 0.655. The van der Waals surface area contributed by atoms with E-state index in [9.17, 15) is 9.59 Å². The van der Waals surface area contributed by atoms with E-state index in [-0.39, 0.29) is 18.0 Å². The standard InChI is InChI=1S/C10H16N2O3/c13-9(14)7-1-3-8(4-2-7)12-6-5-11-10(12)15/h7-8H,1-6H2,(H,11,15)(H,13,14). The normalized spacial score (nSPS) is 31.5. The Hall–Kier alpha value is -1.26. The summed E-state index contributed by atoms with van der Waals surface area (Å²) in [7, 11) is 0. The molecule has 1 saturated heterocycles. The zero-order valence-corrected chi connectivity index (χ0v) is 8.61. The van der Waals surface area contributed by atoms with Crippen molar-refractivity contribution in [3.05, 3.63) is 0 Å². The highest BCUT2D eigenvalue weighted by Crippen LogP contribution is 2.28. The number of aliphatic carboxylic acids is 1. The van der Waals surface area contributed by atoms with Crippen LogP contribution in [0.1, 0.15) is 25.7 Å². The fourth-order valence-electron chi connectivity index (χ4n) is 2.47. The van der Waals surface area contributed by atoms with Gasteiger partial charge in [0, 0.05) is 19.1 Å². The SMILES string of the molecule is O=C(O)C1CCC(N2CCNC2=O)CC1. The van der Waals surface area contributed by atoms with Crippen LogP contribution >= 0.6 is 0 Å². The van der Waals surface area contributed by atoms with Gasteiger partial charge in [0.1, 0.15) is 0 Å². The Morgan fingerprint density at radius 1 is 1.33 bits per heavy atom. The quantitative estimate of drug-likeness (QED) is 0.706. The van der Waals surface area contributed by atoms with Crippen molar-refractivity contribution in [3.63, 3.8) is 0 Å². The Bertz CT molecular complexity index is 272. The van der Waals surface area contributed by atoms with Crippen LogP contribution in [0.4, 0.5) is 4.79 Å². The van der Waals surface area contributed by atoms with Crippen LogP contribution in [0.5, 0.6) is 0 Å². The molecule has 0 aromatic heterocycles. The minimum Gasteiger partial charge on any atom is -0.481 e. The fraction of sp³-hybridized carbons (Fsp3) is 0.800. The molecule has 84 valence electrons. The number of urea groups is 1. The Morgan fingerprint density at radius 3 is 2.47 bits per heavy atom. The number of nitrogens with one attached hydrogen (secondary N) is 1. The molecule has 2 aliphatic rings. The van der Waals surface area contributed by atoms with E-state index in [4.69, 9.17) is 5.11 Å². The Labute approximate surface area is 88.4 Å². The molecule has 2 amide bonds.